The summed E-state index contributed by atoms with van der Waals surface area (Å²) in [5.74, 6) is -0.201. The monoisotopic (exact) mass is 265 g/mol. The lowest BCUT2D eigenvalue weighted by Gasteiger charge is -2.33. The Balaban J connectivity index is 1.95. The fourth-order valence-electron chi connectivity index (χ4n) is 2.69. The van der Waals surface area contributed by atoms with Gasteiger partial charge in [0.25, 0.3) is 0 Å². The van der Waals surface area contributed by atoms with E-state index in [2.05, 4.69) is 13.8 Å². The third-order valence-corrected chi connectivity index (χ3v) is 4.34. The summed E-state index contributed by atoms with van der Waals surface area (Å²) >= 11 is 0. The third kappa shape index (κ3) is 3.54. The van der Waals surface area contributed by atoms with E-state index in [0.717, 1.165) is 31.4 Å². The van der Waals surface area contributed by atoms with Gasteiger partial charge in [-0.05, 0) is 43.4 Å². The Morgan fingerprint density at radius 1 is 1.37 bits per heavy atom. The molecule has 1 aliphatic heterocycles. The van der Waals surface area contributed by atoms with Gasteiger partial charge in [0.15, 0.2) is 0 Å². The van der Waals surface area contributed by atoms with Crippen LogP contribution >= 0.6 is 0 Å². The van der Waals surface area contributed by atoms with Crippen LogP contribution in [0.15, 0.2) is 24.3 Å². The van der Waals surface area contributed by atoms with Crippen molar-refractivity contribution < 1.29 is 9.13 Å². The Bertz CT molecular complexity index is 396. The average molecular weight is 265 g/mol. The SMILES string of the molecule is CC(C)(c1ccc(F)cc1)C(N)CCC1CCCO1. The first-order valence-electron chi connectivity index (χ1n) is 7.13. The summed E-state index contributed by atoms with van der Waals surface area (Å²) in [5.41, 5.74) is 7.30. The summed E-state index contributed by atoms with van der Waals surface area (Å²) in [4.78, 5) is 0. The van der Waals surface area contributed by atoms with Crippen LogP contribution in [0.25, 0.3) is 0 Å². The van der Waals surface area contributed by atoms with Crippen LogP contribution in [-0.2, 0) is 10.2 Å². The van der Waals surface area contributed by atoms with Crippen LogP contribution < -0.4 is 5.73 Å². The third-order valence-electron chi connectivity index (χ3n) is 4.34. The molecule has 0 radical (unpaired) electrons. The van der Waals surface area contributed by atoms with Crippen molar-refractivity contribution >= 4 is 0 Å². The van der Waals surface area contributed by atoms with Gasteiger partial charge in [-0.1, -0.05) is 26.0 Å². The highest BCUT2D eigenvalue weighted by Crippen LogP contribution is 2.29. The van der Waals surface area contributed by atoms with E-state index in [-0.39, 0.29) is 17.3 Å². The molecule has 1 saturated heterocycles. The molecule has 2 unspecified atom stereocenters. The zero-order valence-corrected chi connectivity index (χ0v) is 11.9. The van der Waals surface area contributed by atoms with Gasteiger partial charge in [0.05, 0.1) is 6.10 Å². The largest absolute Gasteiger partial charge is 0.378 e. The molecular formula is C16H24FNO. The summed E-state index contributed by atoms with van der Waals surface area (Å²) in [7, 11) is 0. The van der Waals surface area contributed by atoms with Crippen LogP contribution in [0, 0.1) is 5.82 Å². The fraction of sp³-hybridized carbons (Fsp3) is 0.625. The zero-order chi connectivity index (χ0) is 13.9. The topological polar surface area (TPSA) is 35.2 Å². The van der Waals surface area contributed by atoms with Crippen molar-refractivity contribution in [1.82, 2.24) is 0 Å². The van der Waals surface area contributed by atoms with E-state index in [0.29, 0.717) is 6.10 Å². The van der Waals surface area contributed by atoms with Gasteiger partial charge in [-0.25, -0.2) is 4.39 Å². The summed E-state index contributed by atoms with van der Waals surface area (Å²) < 4.78 is 18.6. The van der Waals surface area contributed by atoms with E-state index in [9.17, 15) is 4.39 Å². The zero-order valence-electron chi connectivity index (χ0n) is 11.9. The molecule has 1 aliphatic rings. The quantitative estimate of drug-likeness (QED) is 0.885. The maximum absolute atomic E-state index is 13.0. The van der Waals surface area contributed by atoms with E-state index in [4.69, 9.17) is 10.5 Å². The number of hydrogen-bond acceptors (Lipinski definition) is 2. The number of nitrogens with two attached hydrogens (primary N) is 1. The van der Waals surface area contributed by atoms with Crippen molar-refractivity contribution in [2.75, 3.05) is 6.61 Å². The van der Waals surface area contributed by atoms with Gasteiger partial charge in [-0.15, -0.1) is 0 Å². The molecule has 2 atom stereocenters. The lowest BCUT2D eigenvalue weighted by molar-refractivity contribution is 0.0985. The van der Waals surface area contributed by atoms with Crippen molar-refractivity contribution in [2.24, 2.45) is 5.73 Å². The van der Waals surface area contributed by atoms with Crippen LogP contribution in [0.4, 0.5) is 4.39 Å². The second kappa shape index (κ2) is 6.02. The van der Waals surface area contributed by atoms with Crippen molar-refractivity contribution in [2.45, 2.75) is 57.1 Å². The predicted octanol–water partition coefficient (Wildman–Crippen LogP) is 3.39. The van der Waals surface area contributed by atoms with Crippen LogP contribution in [0.1, 0.15) is 45.1 Å². The molecule has 2 N–H and O–H groups in total. The minimum Gasteiger partial charge on any atom is -0.378 e. The molecule has 0 aromatic heterocycles. The van der Waals surface area contributed by atoms with Gasteiger partial charge in [0.1, 0.15) is 5.82 Å². The number of hydrogen-bond donors (Lipinski definition) is 1. The molecule has 0 bridgehead atoms. The van der Waals surface area contributed by atoms with Crippen LogP contribution in [0.5, 0.6) is 0 Å². The molecule has 3 heteroatoms. The molecule has 0 aliphatic carbocycles. The van der Waals surface area contributed by atoms with Gasteiger partial charge in [-0.2, -0.15) is 0 Å². The first-order chi connectivity index (χ1) is 9.00. The van der Waals surface area contributed by atoms with Gasteiger partial charge in [-0.3, -0.25) is 0 Å². The fourth-order valence-corrected chi connectivity index (χ4v) is 2.69. The van der Waals surface area contributed by atoms with E-state index in [1.165, 1.54) is 18.6 Å². The highest BCUT2D eigenvalue weighted by atomic mass is 19.1. The standard InChI is InChI=1S/C16H24FNO/c1-16(2,12-5-7-13(17)8-6-12)15(18)10-9-14-4-3-11-19-14/h5-8,14-15H,3-4,9-11,18H2,1-2H3. The Kier molecular flexibility index (Phi) is 4.58. The lowest BCUT2D eigenvalue weighted by atomic mass is 9.76. The number of benzene rings is 1. The summed E-state index contributed by atoms with van der Waals surface area (Å²) in [6.45, 7) is 5.14. The molecule has 0 saturated carbocycles. The molecule has 2 rings (SSSR count). The second-order valence-electron chi connectivity index (χ2n) is 6.05. The van der Waals surface area contributed by atoms with Crippen molar-refractivity contribution in [3.05, 3.63) is 35.6 Å². The molecule has 2 nitrogen and oxygen atoms in total. The predicted molar refractivity (Wildman–Crippen MR) is 75.6 cm³/mol. The van der Waals surface area contributed by atoms with E-state index >= 15 is 0 Å². The Morgan fingerprint density at radius 3 is 2.63 bits per heavy atom. The highest BCUT2D eigenvalue weighted by Gasteiger charge is 2.29. The maximum Gasteiger partial charge on any atom is 0.123 e. The van der Waals surface area contributed by atoms with Crippen molar-refractivity contribution in [3.63, 3.8) is 0 Å². The summed E-state index contributed by atoms with van der Waals surface area (Å²) in [6, 6.07) is 6.73. The summed E-state index contributed by atoms with van der Waals surface area (Å²) in [6.07, 6.45) is 4.67. The molecule has 0 spiro atoms. The van der Waals surface area contributed by atoms with Gasteiger partial charge in [0.2, 0.25) is 0 Å². The van der Waals surface area contributed by atoms with Gasteiger partial charge >= 0.3 is 0 Å². The minimum atomic E-state index is -0.201. The van der Waals surface area contributed by atoms with E-state index < -0.39 is 0 Å². The van der Waals surface area contributed by atoms with Crippen molar-refractivity contribution in [1.29, 1.82) is 0 Å². The van der Waals surface area contributed by atoms with E-state index in [1.807, 2.05) is 12.1 Å². The summed E-state index contributed by atoms with van der Waals surface area (Å²) in [5, 5.41) is 0. The van der Waals surface area contributed by atoms with Crippen LogP contribution in [0.2, 0.25) is 0 Å². The second-order valence-corrected chi connectivity index (χ2v) is 6.05. The number of rotatable bonds is 5. The van der Waals surface area contributed by atoms with Gasteiger partial charge in [0, 0.05) is 18.1 Å². The normalized spacial score (nSPS) is 21.6. The number of ether oxygens (including phenoxy) is 1. The lowest BCUT2D eigenvalue weighted by Crippen LogP contribution is -2.41. The van der Waals surface area contributed by atoms with Crippen molar-refractivity contribution in [3.8, 4) is 0 Å². The first kappa shape index (κ1) is 14.5. The Hall–Kier alpha value is -0.930. The molecule has 106 valence electrons. The molecule has 0 amide bonds. The smallest absolute Gasteiger partial charge is 0.123 e. The number of halogens is 1. The average Bonchev–Trinajstić information content (AvgIpc) is 2.89. The van der Waals surface area contributed by atoms with Crippen LogP contribution in [0.3, 0.4) is 0 Å². The molecule has 1 aromatic rings. The van der Waals surface area contributed by atoms with Gasteiger partial charge < -0.3 is 10.5 Å². The molecule has 19 heavy (non-hydrogen) atoms. The molecular weight excluding hydrogens is 241 g/mol. The Labute approximate surface area is 115 Å². The molecule has 1 heterocycles. The first-order valence-corrected chi connectivity index (χ1v) is 7.13. The highest BCUT2D eigenvalue weighted by molar-refractivity contribution is 5.26. The van der Waals surface area contributed by atoms with Crippen LogP contribution in [-0.4, -0.2) is 18.8 Å². The van der Waals surface area contributed by atoms with E-state index in [1.54, 1.807) is 0 Å². The maximum atomic E-state index is 13.0. The minimum absolute atomic E-state index is 0.0576. The Morgan fingerprint density at radius 2 is 2.05 bits per heavy atom. The molecule has 1 fully saturated rings. The molecule has 1 aromatic carbocycles.